The number of likely N-dealkylation sites (tertiary alicyclic amines) is 1. The zero-order valence-corrected chi connectivity index (χ0v) is 24.6. The number of carbonyl (C=O) groups is 2. The van der Waals surface area contributed by atoms with Crippen molar-refractivity contribution in [1.82, 2.24) is 30.1 Å². The lowest BCUT2D eigenvalue weighted by atomic mass is 9.91. The molecule has 218 valence electrons. The van der Waals surface area contributed by atoms with Crippen LogP contribution in [0.1, 0.15) is 69.6 Å². The van der Waals surface area contributed by atoms with E-state index in [4.69, 9.17) is 4.98 Å². The van der Waals surface area contributed by atoms with E-state index in [9.17, 15) is 9.59 Å². The fourth-order valence-corrected chi connectivity index (χ4v) is 4.91. The fourth-order valence-electron chi connectivity index (χ4n) is 4.91. The van der Waals surface area contributed by atoms with E-state index in [1.807, 2.05) is 36.9 Å². The van der Waals surface area contributed by atoms with Gasteiger partial charge in [0.15, 0.2) is 0 Å². The summed E-state index contributed by atoms with van der Waals surface area (Å²) in [5.41, 5.74) is 5.31. The summed E-state index contributed by atoms with van der Waals surface area (Å²) in [6.07, 6.45) is 5.29. The maximum Gasteiger partial charge on any atom is 0.256 e. The molecule has 5 rings (SSSR count). The van der Waals surface area contributed by atoms with E-state index in [1.165, 1.54) is 11.1 Å². The minimum Gasteiger partial charge on any atom is -0.350 e. The largest absolute Gasteiger partial charge is 0.350 e. The molecule has 0 unspecified atom stereocenters. The van der Waals surface area contributed by atoms with Gasteiger partial charge in [-0.25, -0.2) is 4.98 Å². The summed E-state index contributed by atoms with van der Waals surface area (Å²) in [6, 6.07) is 10.0. The summed E-state index contributed by atoms with van der Waals surface area (Å²) >= 11 is 0. The van der Waals surface area contributed by atoms with Gasteiger partial charge in [0.1, 0.15) is 11.4 Å². The Hall–Kier alpha value is -4.05. The highest BCUT2D eigenvalue weighted by Gasteiger charge is 2.25. The minimum atomic E-state index is -0.245. The van der Waals surface area contributed by atoms with Crippen LogP contribution in [0.15, 0.2) is 42.7 Å². The van der Waals surface area contributed by atoms with Gasteiger partial charge >= 0.3 is 0 Å². The molecular formula is C31H42N8O2. The molecule has 2 aliphatic rings. The zero-order chi connectivity index (χ0) is 29.1. The molecule has 0 spiro atoms. The Kier molecular flexibility index (Phi) is 8.21. The number of nitrogens with zero attached hydrogens (tertiary/aromatic N) is 5. The monoisotopic (exact) mass is 558 g/mol. The molecule has 4 heterocycles. The maximum atomic E-state index is 13.0. The number of aromatic nitrogens is 3. The van der Waals surface area contributed by atoms with Crippen molar-refractivity contribution in [3.63, 3.8) is 0 Å². The maximum absolute atomic E-state index is 13.0. The number of carbonyl (C=O) groups excluding carboxylic acids is 2. The standard InChI is InChI=1S/C31H40N8O2.H2/c1-20(2)34-29(41)25-17-33-30(37-28(25)35-24-9-11-32-26(16-24)31(3,4)5)36-23-8-7-22-18-38(14-10-21(22)15-23)19-27(40)39-12-6-13-39;/h7-9,11,15-17,20H,6,10,12-14,18-19H2,1-5H3,(H,34,41)(H2,32,33,35,36,37);1H. The number of benzene rings is 1. The molecule has 0 aliphatic carbocycles. The van der Waals surface area contributed by atoms with Crippen LogP contribution in [0.2, 0.25) is 0 Å². The normalized spacial score (nSPS) is 15.2. The van der Waals surface area contributed by atoms with E-state index >= 15 is 0 Å². The predicted molar refractivity (Wildman–Crippen MR) is 163 cm³/mol. The smallest absolute Gasteiger partial charge is 0.256 e. The van der Waals surface area contributed by atoms with Crippen LogP contribution in [-0.4, -0.2) is 68.8 Å². The molecule has 10 heteroatoms. The minimum absolute atomic E-state index is 0. The average molecular weight is 559 g/mol. The van der Waals surface area contributed by atoms with Gasteiger partial charge in [-0.1, -0.05) is 26.8 Å². The average Bonchev–Trinajstić information content (AvgIpc) is 2.87. The van der Waals surface area contributed by atoms with Gasteiger partial charge in [-0.05, 0) is 62.1 Å². The molecule has 2 aromatic heterocycles. The van der Waals surface area contributed by atoms with Crippen molar-refractivity contribution in [2.24, 2.45) is 0 Å². The highest BCUT2D eigenvalue weighted by molar-refractivity contribution is 5.99. The van der Waals surface area contributed by atoms with Gasteiger partial charge in [0.25, 0.3) is 5.91 Å². The van der Waals surface area contributed by atoms with Crippen molar-refractivity contribution in [3.05, 3.63) is 65.1 Å². The SMILES string of the molecule is CC(C)NC(=O)c1cnc(Nc2ccc3c(c2)CCN(CC(=O)N2CCC2)C3)nc1Nc1ccnc(C(C)(C)C)c1.[HH]. The molecule has 1 saturated heterocycles. The lowest BCUT2D eigenvalue weighted by molar-refractivity contribution is -0.136. The van der Waals surface area contributed by atoms with Gasteiger partial charge in [-0.15, -0.1) is 0 Å². The topological polar surface area (TPSA) is 115 Å². The number of amides is 2. The van der Waals surface area contributed by atoms with E-state index < -0.39 is 0 Å². The molecule has 0 saturated carbocycles. The molecular weight excluding hydrogens is 516 g/mol. The Morgan fingerprint density at radius 1 is 1.00 bits per heavy atom. The summed E-state index contributed by atoms with van der Waals surface area (Å²) in [4.78, 5) is 43.2. The Morgan fingerprint density at radius 2 is 1.78 bits per heavy atom. The van der Waals surface area contributed by atoms with Gasteiger partial charge in [-0.3, -0.25) is 19.5 Å². The quantitative estimate of drug-likeness (QED) is 0.367. The number of anilines is 4. The van der Waals surface area contributed by atoms with Crippen LogP contribution in [0, 0.1) is 0 Å². The molecule has 2 aliphatic heterocycles. The van der Waals surface area contributed by atoms with Crippen molar-refractivity contribution >= 4 is 35.0 Å². The number of hydrogen-bond donors (Lipinski definition) is 3. The highest BCUT2D eigenvalue weighted by atomic mass is 16.2. The van der Waals surface area contributed by atoms with Crippen molar-refractivity contribution in [2.45, 2.75) is 65.5 Å². The lowest BCUT2D eigenvalue weighted by Crippen LogP contribution is -2.47. The second-order valence-corrected chi connectivity index (χ2v) is 12.2. The van der Waals surface area contributed by atoms with Crippen LogP contribution in [0.5, 0.6) is 0 Å². The first-order chi connectivity index (χ1) is 19.5. The molecule has 1 aromatic carbocycles. The van der Waals surface area contributed by atoms with Crippen LogP contribution in [0.25, 0.3) is 0 Å². The Bertz CT molecular complexity index is 1430. The Labute approximate surface area is 243 Å². The fraction of sp³-hybridized carbons (Fsp3) is 0.452. The van der Waals surface area contributed by atoms with Crippen LogP contribution < -0.4 is 16.0 Å². The molecule has 10 nitrogen and oxygen atoms in total. The van der Waals surface area contributed by atoms with E-state index in [0.717, 1.165) is 56.1 Å². The van der Waals surface area contributed by atoms with Crippen molar-refractivity contribution in [3.8, 4) is 0 Å². The van der Waals surface area contributed by atoms with Gasteiger partial charge in [0.05, 0.1) is 6.54 Å². The summed E-state index contributed by atoms with van der Waals surface area (Å²) in [5, 5.41) is 9.57. The predicted octanol–water partition coefficient (Wildman–Crippen LogP) is 4.63. The third-order valence-corrected chi connectivity index (χ3v) is 7.37. The van der Waals surface area contributed by atoms with Crippen LogP contribution >= 0.6 is 0 Å². The summed E-state index contributed by atoms with van der Waals surface area (Å²) in [6.45, 7) is 14.0. The van der Waals surface area contributed by atoms with E-state index in [2.05, 4.69) is 63.7 Å². The third kappa shape index (κ3) is 7.00. The summed E-state index contributed by atoms with van der Waals surface area (Å²) in [7, 11) is 0. The van der Waals surface area contributed by atoms with Gasteiger partial charge in [0.2, 0.25) is 11.9 Å². The van der Waals surface area contributed by atoms with E-state index in [-0.39, 0.29) is 24.7 Å². The van der Waals surface area contributed by atoms with Crippen molar-refractivity contribution < 1.29 is 11.0 Å². The first kappa shape index (κ1) is 28.5. The second-order valence-electron chi connectivity index (χ2n) is 12.2. The highest BCUT2D eigenvalue weighted by Crippen LogP contribution is 2.27. The Balaban J connectivity index is 0.00000405. The zero-order valence-electron chi connectivity index (χ0n) is 24.6. The number of pyridine rings is 1. The molecule has 3 N–H and O–H groups in total. The van der Waals surface area contributed by atoms with Crippen molar-refractivity contribution in [1.29, 1.82) is 0 Å². The number of hydrogen-bond acceptors (Lipinski definition) is 8. The summed E-state index contributed by atoms with van der Waals surface area (Å²) in [5.74, 6) is 0.778. The number of rotatable bonds is 8. The Morgan fingerprint density at radius 3 is 2.49 bits per heavy atom. The molecule has 3 aromatic rings. The van der Waals surface area contributed by atoms with Crippen LogP contribution in [-0.2, 0) is 23.2 Å². The van der Waals surface area contributed by atoms with Crippen LogP contribution in [0.3, 0.4) is 0 Å². The first-order valence-corrected chi connectivity index (χ1v) is 14.4. The number of fused-ring (bicyclic) bond motifs is 1. The summed E-state index contributed by atoms with van der Waals surface area (Å²) < 4.78 is 0. The lowest BCUT2D eigenvalue weighted by Gasteiger charge is -2.35. The van der Waals surface area contributed by atoms with E-state index in [0.29, 0.717) is 23.9 Å². The molecule has 0 bridgehead atoms. The van der Waals surface area contributed by atoms with Gasteiger partial charge in [-0.2, -0.15) is 4.98 Å². The molecule has 0 radical (unpaired) electrons. The molecule has 41 heavy (non-hydrogen) atoms. The van der Waals surface area contributed by atoms with Gasteiger partial charge < -0.3 is 20.9 Å². The van der Waals surface area contributed by atoms with E-state index in [1.54, 1.807) is 12.4 Å². The number of nitrogens with one attached hydrogen (secondary N) is 3. The third-order valence-electron chi connectivity index (χ3n) is 7.37. The van der Waals surface area contributed by atoms with Crippen molar-refractivity contribution in [2.75, 3.05) is 36.8 Å². The van der Waals surface area contributed by atoms with Crippen LogP contribution in [0.4, 0.5) is 23.1 Å². The molecule has 1 fully saturated rings. The molecule has 2 amide bonds. The first-order valence-electron chi connectivity index (χ1n) is 14.4. The van der Waals surface area contributed by atoms with Gasteiger partial charge in [0, 0.05) is 68.5 Å². The molecule has 0 atom stereocenters. The second kappa shape index (κ2) is 11.8.